The standard InChI is InChI=1S/C19H20O6.C19H18O5/c1-3-23-19(21)13-25-16-10-18(17(22-2)9-15(16)11-20)24-12-14-7-5-4-6-8-14;1-3-22-19(20)18-10-14-9-16(21-2)17(11-15(14)24-18)23-12-13-7-5-4-6-8-13/h4-11H,3,12-13H2,1-2H3;4-11H,3,12H2,1-2H3. The van der Waals surface area contributed by atoms with Crippen molar-refractivity contribution in [3.05, 3.63) is 113 Å². The summed E-state index contributed by atoms with van der Waals surface area (Å²) in [4.78, 5) is 34.5. The lowest BCUT2D eigenvalue weighted by atomic mass is 10.2. The van der Waals surface area contributed by atoms with Crippen LogP contribution in [0.15, 0.2) is 95.4 Å². The van der Waals surface area contributed by atoms with Crippen molar-refractivity contribution in [3.8, 4) is 28.7 Å². The number of hydrogen-bond donors (Lipinski definition) is 0. The van der Waals surface area contributed by atoms with Gasteiger partial charge in [0, 0.05) is 17.5 Å². The fourth-order valence-electron chi connectivity index (χ4n) is 4.48. The minimum atomic E-state index is -0.512. The number of aldehydes is 1. The van der Waals surface area contributed by atoms with E-state index in [0.29, 0.717) is 54.7 Å². The van der Waals surface area contributed by atoms with Crippen molar-refractivity contribution in [1.29, 1.82) is 0 Å². The summed E-state index contributed by atoms with van der Waals surface area (Å²) in [6.07, 6.45) is 0.629. The van der Waals surface area contributed by atoms with E-state index in [2.05, 4.69) is 0 Å². The van der Waals surface area contributed by atoms with Gasteiger partial charge in [0.1, 0.15) is 24.5 Å². The number of fused-ring (bicyclic) bond motifs is 1. The lowest BCUT2D eigenvalue weighted by molar-refractivity contribution is -0.145. The number of benzene rings is 4. The SMILES string of the molecule is CCOC(=O)COc1cc(OCc2ccccc2)c(OC)cc1C=O.CCOC(=O)c1cc2cc(OC)c(OCc3ccccc3)cc2o1. The summed E-state index contributed by atoms with van der Waals surface area (Å²) in [5.41, 5.74) is 2.83. The Morgan fingerprint density at radius 3 is 1.78 bits per heavy atom. The molecule has 49 heavy (non-hydrogen) atoms. The van der Waals surface area contributed by atoms with Gasteiger partial charge in [-0.05, 0) is 43.2 Å². The molecule has 0 atom stereocenters. The van der Waals surface area contributed by atoms with E-state index in [4.69, 9.17) is 37.6 Å². The van der Waals surface area contributed by atoms with Gasteiger partial charge in [-0.2, -0.15) is 0 Å². The van der Waals surface area contributed by atoms with Gasteiger partial charge in [0.15, 0.2) is 35.9 Å². The second-order valence-electron chi connectivity index (χ2n) is 10.2. The molecule has 0 N–H and O–H groups in total. The monoisotopic (exact) mass is 670 g/mol. The third kappa shape index (κ3) is 10.3. The van der Waals surface area contributed by atoms with Crippen LogP contribution < -0.4 is 23.7 Å². The number of hydrogen-bond acceptors (Lipinski definition) is 11. The number of esters is 2. The first-order chi connectivity index (χ1) is 23.9. The van der Waals surface area contributed by atoms with Crippen molar-refractivity contribution >= 4 is 29.2 Å². The second kappa shape index (κ2) is 18.4. The molecule has 0 aliphatic rings. The van der Waals surface area contributed by atoms with Gasteiger partial charge in [-0.1, -0.05) is 60.7 Å². The molecule has 0 aliphatic carbocycles. The molecule has 5 rings (SSSR count). The number of ether oxygens (including phenoxy) is 7. The topological polar surface area (TPSA) is 129 Å². The van der Waals surface area contributed by atoms with Crippen molar-refractivity contribution in [2.75, 3.05) is 34.0 Å². The average molecular weight is 671 g/mol. The smallest absolute Gasteiger partial charge is 0.374 e. The number of rotatable bonds is 15. The summed E-state index contributed by atoms with van der Waals surface area (Å²) < 4.78 is 43.0. The highest BCUT2D eigenvalue weighted by molar-refractivity contribution is 5.93. The number of furan rings is 1. The molecule has 256 valence electrons. The normalized spacial score (nSPS) is 10.3. The molecular formula is C38H38O11. The van der Waals surface area contributed by atoms with Gasteiger partial charge in [-0.15, -0.1) is 0 Å². The third-order valence-electron chi connectivity index (χ3n) is 6.83. The van der Waals surface area contributed by atoms with Crippen LogP contribution in [0, 0.1) is 0 Å². The van der Waals surface area contributed by atoms with E-state index < -0.39 is 11.9 Å². The quantitative estimate of drug-likeness (QED) is 0.0827. The van der Waals surface area contributed by atoms with Gasteiger partial charge in [0.05, 0.1) is 33.0 Å². The van der Waals surface area contributed by atoms with Crippen LogP contribution in [0.4, 0.5) is 0 Å². The fourth-order valence-corrected chi connectivity index (χ4v) is 4.48. The molecule has 4 aromatic carbocycles. The lowest BCUT2D eigenvalue weighted by Crippen LogP contribution is -2.15. The summed E-state index contributed by atoms with van der Waals surface area (Å²) in [7, 11) is 3.06. The average Bonchev–Trinajstić information content (AvgIpc) is 3.56. The van der Waals surface area contributed by atoms with Crippen molar-refractivity contribution in [1.82, 2.24) is 0 Å². The number of carbonyl (C=O) groups excluding carboxylic acids is 3. The second-order valence-corrected chi connectivity index (χ2v) is 10.2. The molecule has 0 aliphatic heterocycles. The van der Waals surface area contributed by atoms with Gasteiger partial charge >= 0.3 is 11.9 Å². The molecule has 1 aromatic heterocycles. The maximum Gasteiger partial charge on any atom is 0.374 e. The largest absolute Gasteiger partial charge is 0.493 e. The lowest BCUT2D eigenvalue weighted by Gasteiger charge is -2.14. The molecular weight excluding hydrogens is 632 g/mol. The van der Waals surface area contributed by atoms with Crippen molar-refractivity contribution in [2.24, 2.45) is 0 Å². The summed E-state index contributed by atoms with van der Waals surface area (Å²) in [6.45, 7) is 4.46. The Balaban J connectivity index is 0.000000221. The summed E-state index contributed by atoms with van der Waals surface area (Å²) in [5.74, 6) is 1.34. The molecule has 0 saturated carbocycles. The Hall–Kier alpha value is -5.97. The molecule has 11 heteroatoms. The van der Waals surface area contributed by atoms with Crippen LogP contribution in [0.25, 0.3) is 11.0 Å². The molecule has 5 aromatic rings. The maximum absolute atomic E-state index is 11.8. The Labute approximate surface area is 284 Å². The zero-order chi connectivity index (χ0) is 35.0. The minimum Gasteiger partial charge on any atom is -0.493 e. The van der Waals surface area contributed by atoms with Crippen LogP contribution in [0.5, 0.6) is 28.7 Å². The van der Waals surface area contributed by atoms with Gasteiger partial charge in [-0.25, -0.2) is 9.59 Å². The van der Waals surface area contributed by atoms with Crippen LogP contribution in [0.2, 0.25) is 0 Å². The highest BCUT2D eigenvalue weighted by Gasteiger charge is 2.17. The molecule has 11 nitrogen and oxygen atoms in total. The highest BCUT2D eigenvalue weighted by Crippen LogP contribution is 2.36. The molecule has 0 fully saturated rings. The van der Waals surface area contributed by atoms with Gasteiger partial charge in [0.25, 0.3) is 0 Å². The third-order valence-corrected chi connectivity index (χ3v) is 6.83. The molecule has 0 saturated heterocycles. The summed E-state index contributed by atoms with van der Waals surface area (Å²) >= 11 is 0. The maximum atomic E-state index is 11.8. The first kappa shape index (κ1) is 35.9. The first-order valence-electron chi connectivity index (χ1n) is 15.5. The zero-order valence-corrected chi connectivity index (χ0v) is 27.8. The predicted molar refractivity (Wildman–Crippen MR) is 181 cm³/mol. The fraction of sp³-hybridized carbons (Fsp3) is 0.237. The first-order valence-corrected chi connectivity index (χ1v) is 15.5. The van der Waals surface area contributed by atoms with E-state index in [1.165, 1.54) is 19.2 Å². The zero-order valence-electron chi connectivity index (χ0n) is 27.8. The predicted octanol–water partition coefficient (Wildman–Crippen LogP) is 7.23. The van der Waals surface area contributed by atoms with Crippen LogP contribution in [0.3, 0.4) is 0 Å². The Morgan fingerprint density at radius 1 is 0.653 bits per heavy atom. The molecule has 0 radical (unpaired) electrons. The molecule has 0 amide bonds. The minimum absolute atomic E-state index is 0.161. The van der Waals surface area contributed by atoms with Crippen LogP contribution in [-0.2, 0) is 27.5 Å². The Bertz CT molecular complexity index is 1810. The van der Waals surface area contributed by atoms with E-state index in [9.17, 15) is 14.4 Å². The molecule has 0 spiro atoms. The van der Waals surface area contributed by atoms with E-state index in [1.54, 1.807) is 39.2 Å². The Morgan fingerprint density at radius 2 is 1.22 bits per heavy atom. The van der Waals surface area contributed by atoms with Crippen LogP contribution in [-0.4, -0.2) is 52.3 Å². The van der Waals surface area contributed by atoms with E-state index in [0.717, 1.165) is 16.5 Å². The molecule has 1 heterocycles. The van der Waals surface area contributed by atoms with Crippen molar-refractivity contribution in [3.63, 3.8) is 0 Å². The van der Waals surface area contributed by atoms with E-state index in [-0.39, 0.29) is 30.3 Å². The van der Waals surface area contributed by atoms with Gasteiger partial charge in [0.2, 0.25) is 5.76 Å². The molecule has 0 bridgehead atoms. The van der Waals surface area contributed by atoms with Crippen LogP contribution >= 0.6 is 0 Å². The van der Waals surface area contributed by atoms with Gasteiger partial charge < -0.3 is 37.6 Å². The summed E-state index contributed by atoms with van der Waals surface area (Å²) in [5, 5.41) is 0.752. The Kier molecular flexibility index (Phi) is 13.5. The number of methoxy groups -OCH3 is 2. The van der Waals surface area contributed by atoms with Crippen molar-refractivity contribution < 1.29 is 52.0 Å². The van der Waals surface area contributed by atoms with Crippen molar-refractivity contribution in [2.45, 2.75) is 27.1 Å². The van der Waals surface area contributed by atoms with Gasteiger partial charge in [-0.3, -0.25) is 4.79 Å². The van der Waals surface area contributed by atoms with E-state index in [1.807, 2.05) is 60.7 Å². The number of carbonyl (C=O) groups is 3. The van der Waals surface area contributed by atoms with E-state index >= 15 is 0 Å². The highest BCUT2D eigenvalue weighted by atomic mass is 16.6. The molecule has 0 unspecified atom stereocenters. The summed E-state index contributed by atoms with van der Waals surface area (Å²) in [6, 6.07) is 27.6. The van der Waals surface area contributed by atoms with Crippen LogP contribution in [0.1, 0.15) is 45.9 Å².